The number of hydrogen-bond donors (Lipinski definition) is 5. The van der Waals surface area contributed by atoms with Crippen molar-refractivity contribution in [3.63, 3.8) is 0 Å². The van der Waals surface area contributed by atoms with Crippen molar-refractivity contribution in [3.8, 4) is 0 Å². The zero-order chi connectivity index (χ0) is 21.3. The van der Waals surface area contributed by atoms with Gasteiger partial charge in [0, 0.05) is 59.6 Å². The minimum atomic E-state index is -0.0158. The molecule has 0 radical (unpaired) electrons. The van der Waals surface area contributed by atoms with Crippen LogP contribution in [0.15, 0.2) is 24.3 Å². The van der Waals surface area contributed by atoms with Crippen molar-refractivity contribution in [2.75, 3.05) is 41.3 Å². The van der Waals surface area contributed by atoms with Crippen molar-refractivity contribution in [2.45, 2.75) is 37.0 Å². The third-order valence-corrected chi connectivity index (χ3v) is 5.96. The Kier molecular flexibility index (Phi) is 6.53. The number of anilines is 4. The van der Waals surface area contributed by atoms with Crippen LogP contribution in [0.4, 0.5) is 23.5 Å². The van der Waals surface area contributed by atoms with Gasteiger partial charge in [-0.25, -0.2) is 0 Å². The normalized spacial score (nSPS) is 27.2. The molecular weight excluding hydrogens is 495 g/mol. The minimum absolute atomic E-state index is 0.0158. The number of benzene rings is 1. The second-order valence-electron chi connectivity index (χ2n) is 8.22. The van der Waals surface area contributed by atoms with Crippen molar-refractivity contribution in [1.29, 1.82) is 0 Å². The monoisotopic (exact) mass is 524 g/mol. The van der Waals surface area contributed by atoms with Gasteiger partial charge in [0.2, 0.25) is 17.8 Å². The molecule has 4 rings (SSSR count). The summed E-state index contributed by atoms with van der Waals surface area (Å²) in [5.74, 6) is 1.59. The molecule has 4 atom stereocenters. The summed E-state index contributed by atoms with van der Waals surface area (Å²) in [5.41, 5.74) is 25.7. The molecule has 0 aliphatic carbocycles. The second-order valence-corrected chi connectivity index (χ2v) is 9.46. The third-order valence-electron chi connectivity index (χ3n) is 5.29. The smallest absolute Gasteiger partial charge is 0.233 e. The van der Waals surface area contributed by atoms with Gasteiger partial charge >= 0.3 is 0 Å². The lowest BCUT2D eigenvalue weighted by Gasteiger charge is -2.37. The summed E-state index contributed by atoms with van der Waals surface area (Å²) in [6, 6.07) is 7.96. The van der Waals surface area contributed by atoms with Crippen molar-refractivity contribution in [2.24, 2.45) is 22.9 Å². The highest BCUT2D eigenvalue weighted by molar-refractivity contribution is 14.1. The molecule has 162 valence electrons. The summed E-state index contributed by atoms with van der Waals surface area (Å²) in [7, 11) is 0. The molecule has 0 saturated carbocycles. The molecule has 30 heavy (non-hydrogen) atoms. The van der Waals surface area contributed by atoms with Crippen LogP contribution >= 0.6 is 22.6 Å². The Bertz CT molecular complexity index is 816. The second kappa shape index (κ2) is 9.14. The summed E-state index contributed by atoms with van der Waals surface area (Å²) in [6.07, 6.45) is 1.58. The molecule has 9 N–H and O–H groups in total. The van der Waals surface area contributed by atoms with Gasteiger partial charge in [-0.1, -0.05) is 6.07 Å². The highest BCUT2D eigenvalue weighted by Crippen LogP contribution is 2.24. The number of nitrogens with zero attached hydrogens (tertiary/aromatic N) is 5. The van der Waals surface area contributed by atoms with E-state index in [9.17, 15) is 0 Å². The van der Waals surface area contributed by atoms with Crippen molar-refractivity contribution < 1.29 is 0 Å². The Morgan fingerprint density at radius 2 is 1.30 bits per heavy atom. The molecular formula is C19H29IN10. The van der Waals surface area contributed by atoms with Gasteiger partial charge in [-0.2, -0.15) is 15.0 Å². The molecule has 2 aliphatic heterocycles. The average molecular weight is 524 g/mol. The molecule has 1 aromatic heterocycles. The fourth-order valence-corrected chi connectivity index (χ4v) is 4.61. The van der Waals surface area contributed by atoms with E-state index in [0.717, 1.165) is 22.1 Å². The minimum Gasteiger partial charge on any atom is -0.338 e. The van der Waals surface area contributed by atoms with Crippen LogP contribution in [0.2, 0.25) is 0 Å². The van der Waals surface area contributed by atoms with Crippen LogP contribution < -0.4 is 38.1 Å². The molecule has 10 nitrogen and oxygen atoms in total. The van der Waals surface area contributed by atoms with Gasteiger partial charge in [-0.3, -0.25) is 0 Å². The Morgan fingerprint density at radius 3 is 1.77 bits per heavy atom. The van der Waals surface area contributed by atoms with E-state index in [1.807, 2.05) is 34.1 Å². The quantitative estimate of drug-likeness (QED) is 0.343. The van der Waals surface area contributed by atoms with Gasteiger partial charge < -0.3 is 38.1 Å². The van der Waals surface area contributed by atoms with Crippen molar-refractivity contribution >= 4 is 46.1 Å². The number of rotatable bonds is 4. The summed E-state index contributed by atoms with van der Waals surface area (Å²) >= 11 is 2.28. The predicted octanol–water partition coefficient (Wildman–Crippen LogP) is -0.0508. The lowest BCUT2D eigenvalue weighted by molar-refractivity contribution is 0.441. The van der Waals surface area contributed by atoms with E-state index in [0.29, 0.717) is 44.0 Å². The molecule has 0 amide bonds. The van der Waals surface area contributed by atoms with Crippen LogP contribution in [0.5, 0.6) is 0 Å². The van der Waals surface area contributed by atoms with E-state index in [1.165, 1.54) is 0 Å². The zero-order valence-electron chi connectivity index (χ0n) is 16.8. The molecule has 2 aromatic rings. The van der Waals surface area contributed by atoms with Crippen LogP contribution in [0, 0.1) is 3.57 Å². The molecule has 0 unspecified atom stereocenters. The maximum atomic E-state index is 6.20. The van der Waals surface area contributed by atoms with E-state index in [2.05, 4.69) is 37.9 Å². The largest absolute Gasteiger partial charge is 0.338 e. The summed E-state index contributed by atoms with van der Waals surface area (Å²) in [6.45, 7) is 2.61. The van der Waals surface area contributed by atoms with Gasteiger partial charge in [0.25, 0.3) is 0 Å². The fourth-order valence-electron chi connectivity index (χ4n) is 4.07. The number of piperidine rings is 2. The van der Waals surface area contributed by atoms with Crippen LogP contribution in [-0.2, 0) is 0 Å². The highest BCUT2D eigenvalue weighted by atomic mass is 127. The topological polar surface area (TPSA) is 161 Å². The standard InChI is InChI=1S/C19H29IN10/c20-11-2-1-3-16(4-11)25-17-26-18(29-7-12(21)5-13(22)8-29)28-19(27-17)30-9-14(23)6-15(24)10-30/h1-4,12-15H,5-10,21-24H2,(H,25,26,27,28)/t12-,13+,14-,15+. The Hall–Kier alpha value is -1.80. The first-order valence-electron chi connectivity index (χ1n) is 10.2. The van der Waals surface area contributed by atoms with Crippen molar-refractivity contribution in [1.82, 2.24) is 15.0 Å². The lowest BCUT2D eigenvalue weighted by atomic mass is 10.0. The highest BCUT2D eigenvalue weighted by Gasteiger charge is 2.28. The predicted molar refractivity (Wildman–Crippen MR) is 128 cm³/mol. The van der Waals surface area contributed by atoms with E-state index in [1.54, 1.807) is 0 Å². The van der Waals surface area contributed by atoms with Crippen LogP contribution in [0.3, 0.4) is 0 Å². The number of nitrogens with two attached hydrogens (primary N) is 4. The maximum Gasteiger partial charge on any atom is 0.233 e. The molecule has 0 spiro atoms. The summed E-state index contributed by atoms with van der Waals surface area (Å²) < 4.78 is 1.12. The zero-order valence-corrected chi connectivity index (χ0v) is 18.9. The first-order chi connectivity index (χ1) is 14.4. The van der Waals surface area contributed by atoms with E-state index in [4.69, 9.17) is 27.9 Å². The fraction of sp³-hybridized carbons (Fsp3) is 0.526. The molecule has 1 aromatic carbocycles. The van der Waals surface area contributed by atoms with Gasteiger partial charge in [0.15, 0.2) is 0 Å². The molecule has 2 fully saturated rings. The van der Waals surface area contributed by atoms with Crippen LogP contribution in [0.1, 0.15) is 12.8 Å². The average Bonchev–Trinajstić information content (AvgIpc) is 2.66. The lowest BCUT2D eigenvalue weighted by Crippen LogP contribution is -2.54. The Balaban J connectivity index is 1.68. The number of hydrogen-bond acceptors (Lipinski definition) is 10. The molecule has 11 heteroatoms. The third kappa shape index (κ3) is 5.27. The van der Waals surface area contributed by atoms with E-state index >= 15 is 0 Å². The molecule has 0 bridgehead atoms. The first-order valence-corrected chi connectivity index (χ1v) is 11.2. The van der Waals surface area contributed by atoms with Crippen LogP contribution in [-0.4, -0.2) is 65.3 Å². The molecule has 3 heterocycles. The SMILES string of the molecule is N[C@@H]1C[C@H](N)CN(c2nc(Nc3cccc(I)c3)nc(N3C[C@H](N)C[C@H](N)C3)n2)C1. The van der Waals surface area contributed by atoms with E-state index < -0.39 is 0 Å². The Morgan fingerprint density at radius 1 is 0.800 bits per heavy atom. The first kappa shape index (κ1) is 21.4. The summed E-state index contributed by atoms with van der Waals surface area (Å²) in [4.78, 5) is 18.2. The molecule has 2 aliphatic rings. The summed E-state index contributed by atoms with van der Waals surface area (Å²) in [5, 5.41) is 3.30. The van der Waals surface area contributed by atoms with Gasteiger partial charge in [-0.05, 0) is 53.6 Å². The number of aromatic nitrogens is 3. The van der Waals surface area contributed by atoms with Crippen molar-refractivity contribution in [3.05, 3.63) is 27.8 Å². The van der Waals surface area contributed by atoms with E-state index in [-0.39, 0.29) is 24.2 Å². The Labute approximate surface area is 189 Å². The van der Waals surface area contributed by atoms with Gasteiger partial charge in [-0.15, -0.1) is 0 Å². The van der Waals surface area contributed by atoms with Crippen LogP contribution in [0.25, 0.3) is 0 Å². The van der Waals surface area contributed by atoms with Gasteiger partial charge in [0.05, 0.1) is 0 Å². The van der Waals surface area contributed by atoms with Gasteiger partial charge in [0.1, 0.15) is 0 Å². The molecule has 2 saturated heterocycles. The number of nitrogens with one attached hydrogen (secondary N) is 1. The maximum absolute atomic E-state index is 6.20. The number of halogens is 1.